The molecule has 2 aromatic rings. The molecule has 0 saturated carbocycles. The molecule has 1 nitrogen and oxygen atoms in total. The zero-order chi connectivity index (χ0) is 13.1. The van der Waals surface area contributed by atoms with Gasteiger partial charge in [0.2, 0.25) is 0 Å². The molecule has 18 heavy (non-hydrogen) atoms. The molecule has 1 heterocycles. The van der Waals surface area contributed by atoms with Crippen molar-refractivity contribution in [1.29, 1.82) is 0 Å². The summed E-state index contributed by atoms with van der Waals surface area (Å²) in [4.78, 5) is 3.96. The second-order valence-electron chi connectivity index (χ2n) is 4.14. The highest BCUT2D eigenvalue weighted by Crippen LogP contribution is 2.29. The third kappa shape index (κ3) is 2.93. The summed E-state index contributed by atoms with van der Waals surface area (Å²) in [6.45, 7) is 1.95. The lowest BCUT2D eigenvalue weighted by Gasteiger charge is -2.11. The van der Waals surface area contributed by atoms with Crippen molar-refractivity contribution in [2.75, 3.05) is 0 Å². The molecule has 94 valence electrons. The van der Waals surface area contributed by atoms with Gasteiger partial charge in [0.15, 0.2) is 11.6 Å². The molecular weight excluding hydrogens is 300 g/mol. The highest BCUT2D eigenvalue weighted by Gasteiger charge is 2.16. The Hall–Kier alpha value is -1.29. The number of alkyl halides is 1. The quantitative estimate of drug-likeness (QED) is 0.768. The average molecular weight is 312 g/mol. The molecule has 0 amide bonds. The van der Waals surface area contributed by atoms with E-state index in [4.69, 9.17) is 0 Å². The Kier molecular flexibility index (Phi) is 4.07. The first-order valence-corrected chi connectivity index (χ1v) is 6.49. The Bertz CT molecular complexity index is 540. The van der Waals surface area contributed by atoms with Gasteiger partial charge in [-0.05, 0) is 24.6 Å². The summed E-state index contributed by atoms with van der Waals surface area (Å²) in [5, 5.41) is 0. The van der Waals surface area contributed by atoms with Crippen molar-refractivity contribution in [2.45, 2.75) is 18.2 Å². The lowest BCUT2D eigenvalue weighted by molar-refractivity contribution is 0.498. The summed E-state index contributed by atoms with van der Waals surface area (Å²) < 4.78 is 26.7. The molecule has 0 radical (unpaired) electrons. The van der Waals surface area contributed by atoms with Gasteiger partial charge in [-0.25, -0.2) is 8.78 Å². The first-order valence-electron chi connectivity index (χ1n) is 5.57. The predicted octanol–water partition coefficient (Wildman–Crippen LogP) is 4.35. The summed E-state index contributed by atoms with van der Waals surface area (Å²) in [7, 11) is 0. The van der Waals surface area contributed by atoms with Crippen LogP contribution < -0.4 is 0 Å². The molecule has 0 spiro atoms. The van der Waals surface area contributed by atoms with Gasteiger partial charge in [-0.15, -0.1) is 0 Å². The minimum atomic E-state index is -0.825. The van der Waals surface area contributed by atoms with Crippen molar-refractivity contribution < 1.29 is 8.78 Å². The molecule has 0 aliphatic heterocycles. The second kappa shape index (κ2) is 5.57. The van der Waals surface area contributed by atoms with E-state index in [1.165, 1.54) is 6.07 Å². The van der Waals surface area contributed by atoms with Crippen LogP contribution in [0.3, 0.4) is 0 Å². The molecule has 2 rings (SSSR count). The fraction of sp³-hybridized carbons (Fsp3) is 0.214. The normalized spacial score (nSPS) is 12.4. The molecule has 1 atom stereocenters. The molecule has 1 aromatic heterocycles. The van der Waals surface area contributed by atoms with E-state index in [1.54, 1.807) is 12.3 Å². The van der Waals surface area contributed by atoms with Gasteiger partial charge in [-0.2, -0.15) is 0 Å². The van der Waals surface area contributed by atoms with Gasteiger partial charge in [-0.3, -0.25) is 4.98 Å². The molecule has 0 N–H and O–H groups in total. The van der Waals surface area contributed by atoms with Crippen LogP contribution in [-0.4, -0.2) is 4.98 Å². The number of aromatic nitrogens is 1. The van der Waals surface area contributed by atoms with Gasteiger partial charge in [0, 0.05) is 28.7 Å². The zero-order valence-corrected chi connectivity index (χ0v) is 11.4. The standard InChI is InChI=1S/C14H12BrF2N/c1-9-5-6-10(18-8-9)7-12(15)11-3-2-4-13(16)14(11)17/h2-6,8,12H,7H2,1H3. The first kappa shape index (κ1) is 13.1. The third-order valence-electron chi connectivity index (χ3n) is 2.68. The molecule has 0 fully saturated rings. The maximum Gasteiger partial charge on any atom is 0.163 e. The molecule has 0 aliphatic rings. The molecule has 0 aliphatic carbocycles. The fourth-order valence-electron chi connectivity index (χ4n) is 1.68. The summed E-state index contributed by atoms with van der Waals surface area (Å²) >= 11 is 3.38. The highest BCUT2D eigenvalue weighted by molar-refractivity contribution is 9.09. The summed E-state index contributed by atoms with van der Waals surface area (Å²) in [6.07, 6.45) is 2.28. The molecule has 4 heteroatoms. The molecule has 0 saturated heterocycles. The Labute approximate surface area is 113 Å². The molecule has 1 aromatic carbocycles. The van der Waals surface area contributed by atoms with Crippen LogP contribution in [0.5, 0.6) is 0 Å². The van der Waals surface area contributed by atoms with Crippen LogP contribution in [0.1, 0.15) is 21.6 Å². The number of pyridine rings is 1. The van der Waals surface area contributed by atoms with E-state index in [0.29, 0.717) is 12.0 Å². The largest absolute Gasteiger partial charge is 0.261 e. The average Bonchev–Trinajstić information content (AvgIpc) is 2.35. The minimum absolute atomic E-state index is 0.289. The lowest BCUT2D eigenvalue weighted by atomic mass is 10.1. The maximum atomic E-state index is 13.6. The van der Waals surface area contributed by atoms with Crippen LogP contribution in [0, 0.1) is 18.6 Å². The second-order valence-corrected chi connectivity index (χ2v) is 5.25. The molecule has 0 bridgehead atoms. The fourth-order valence-corrected chi connectivity index (χ4v) is 2.36. The summed E-state index contributed by atoms with van der Waals surface area (Å²) in [6, 6.07) is 8.03. The van der Waals surface area contributed by atoms with E-state index in [2.05, 4.69) is 20.9 Å². The van der Waals surface area contributed by atoms with Crippen molar-refractivity contribution in [3.8, 4) is 0 Å². The van der Waals surface area contributed by atoms with Crippen LogP contribution in [0.2, 0.25) is 0 Å². The van der Waals surface area contributed by atoms with E-state index in [0.717, 1.165) is 17.3 Å². The maximum absolute atomic E-state index is 13.6. The predicted molar refractivity (Wildman–Crippen MR) is 70.7 cm³/mol. The Balaban J connectivity index is 2.19. The van der Waals surface area contributed by atoms with Crippen LogP contribution in [0.15, 0.2) is 36.5 Å². The highest BCUT2D eigenvalue weighted by atomic mass is 79.9. The molecule has 1 unspecified atom stereocenters. The summed E-state index contributed by atoms with van der Waals surface area (Å²) in [5.74, 6) is -1.62. The van der Waals surface area contributed by atoms with E-state index in [1.807, 2.05) is 19.1 Å². The SMILES string of the molecule is Cc1ccc(CC(Br)c2cccc(F)c2F)nc1. The van der Waals surface area contributed by atoms with Gasteiger partial charge < -0.3 is 0 Å². The van der Waals surface area contributed by atoms with Crippen LogP contribution in [0.25, 0.3) is 0 Å². The third-order valence-corrected chi connectivity index (χ3v) is 3.50. The van der Waals surface area contributed by atoms with Crippen molar-refractivity contribution >= 4 is 15.9 Å². The van der Waals surface area contributed by atoms with E-state index in [-0.39, 0.29) is 4.83 Å². The number of hydrogen-bond acceptors (Lipinski definition) is 1. The number of halogens is 3. The number of rotatable bonds is 3. The number of benzene rings is 1. The van der Waals surface area contributed by atoms with Crippen molar-refractivity contribution in [2.24, 2.45) is 0 Å². The topological polar surface area (TPSA) is 12.9 Å². The Morgan fingerprint density at radius 3 is 2.67 bits per heavy atom. The first-order chi connectivity index (χ1) is 8.58. The summed E-state index contributed by atoms with van der Waals surface area (Å²) in [5.41, 5.74) is 2.23. The van der Waals surface area contributed by atoms with Crippen molar-refractivity contribution in [1.82, 2.24) is 4.98 Å². The smallest absolute Gasteiger partial charge is 0.163 e. The zero-order valence-electron chi connectivity index (χ0n) is 9.83. The monoisotopic (exact) mass is 311 g/mol. The van der Waals surface area contributed by atoms with Crippen molar-refractivity contribution in [3.63, 3.8) is 0 Å². The van der Waals surface area contributed by atoms with Gasteiger partial charge in [-0.1, -0.05) is 34.1 Å². The van der Waals surface area contributed by atoms with Gasteiger partial charge in [0.05, 0.1) is 0 Å². The Morgan fingerprint density at radius 2 is 2.00 bits per heavy atom. The van der Waals surface area contributed by atoms with E-state index in [9.17, 15) is 8.78 Å². The van der Waals surface area contributed by atoms with Crippen molar-refractivity contribution in [3.05, 3.63) is 65.0 Å². The number of hydrogen-bond donors (Lipinski definition) is 0. The molecular formula is C14H12BrF2N. The number of nitrogens with zero attached hydrogens (tertiary/aromatic N) is 1. The van der Waals surface area contributed by atoms with Gasteiger partial charge in [0.1, 0.15) is 0 Å². The number of aryl methyl sites for hydroxylation is 1. The van der Waals surface area contributed by atoms with Crippen LogP contribution in [0.4, 0.5) is 8.78 Å². The van der Waals surface area contributed by atoms with E-state index >= 15 is 0 Å². The van der Waals surface area contributed by atoms with Gasteiger partial charge in [0.25, 0.3) is 0 Å². The minimum Gasteiger partial charge on any atom is -0.261 e. The Morgan fingerprint density at radius 1 is 1.22 bits per heavy atom. The van der Waals surface area contributed by atoms with Gasteiger partial charge >= 0.3 is 0 Å². The lowest BCUT2D eigenvalue weighted by Crippen LogP contribution is -2.02. The van der Waals surface area contributed by atoms with Crippen LogP contribution in [-0.2, 0) is 6.42 Å². The van der Waals surface area contributed by atoms with E-state index < -0.39 is 11.6 Å². The van der Waals surface area contributed by atoms with Crippen LogP contribution >= 0.6 is 15.9 Å².